The monoisotopic (exact) mass is 375 g/mol. The van der Waals surface area contributed by atoms with Crippen LogP contribution in [0.25, 0.3) is 11.1 Å². The molecule has 7 heteroatoms. The lowest BCUT2D eigenvalue weighted by atomic mass is 9.86. The molecule has 1 unspecified atom stereocenters. The van der Waals surface area contributed by atoms with E-state index in [0.717, 1.165) is 12.1 Å². The first-order valence-electron chi connectivity index (χ1n) is 8.45. The average Bonchev–Trinajstić information content (AvgIpc) is 3.11. The molecule has 0 aromatic heterocycles. The fraction of sp³-hybridized carbons (Fsp3) is 0.250. The van der Waals surface area contributed by atoms with Gasteiger partial charge in [0.25, 0.3) is 0 Å². The van der Waals surface area contributed by atoms with Crippen molar-refractivity contribution < 1.29 is 22.8 Å². The number of nitrogens with two attached hydrogens (primary N) is 1. The molecule has 2 aromatic rings. The topological polar surface area (TPSA) is 72.2 Å². The number of ketones is 1. The summed E-state index contributed by atoms with van der Waals surface area (Å²) in [6, 6.07) is 11.2. The Hall–Kier alpha value is -2.67. The van der Waals surface area contributed by atoms with Gasteiger partial charge in [0.15, 0.2) is 5.78 Å². The van der Waals surface area contributed by atoms with Gasteiger partial charge >= 0.3 is 6.18 Å². The van der Waals surface area contributed by atoms with Crippen LogP contribution in [-0.4, -0.2) is 23.8 Å². The van der Waals surface area contributed by atoms with E-state index in [9.17, 15) is 22.8 Å². The van der Waals surface area contributed by atoms with Crippen molar-refractivity contribution in [2.45, 2.75) is 24.6 Å². The van der Waals surface area contributed by atoms with Crippen molar-refractivity contribution >= 4 is 11.7 Å². The fourth-order valence-corrected chi connectivity index (χ4v) is 3.29. The third-order valence-corrected chi connectivity index (χ3v) is 4.70. The number of carbonyl (C=O) groups excluding carboxylic acids is 2. The van der Waals surface area contributed by atoms with Gasteiger partial charge in [-0.15, -0.1) is 0 Å². The Morgan fingerprint density at radius 3 is 2.48 bits per heavy atom. The number of rotatable bonds is 5. The summed E-state index contributed by atoms with van der Waals surface area (Å²) in [5.74, 6) is -1.11. The molecule has 141 valence electrons. The Bertz CT molecular complexity index is 872. The van der Waals surface area contributed by atoms with Crippen molar-refractivity contribution in [3.63, 3.8) is 0 Å². The zero-order chi connectivity index (χ0) is 19.7. The van der Waals surface area contributed by atoms with E-state index in [-0.39, 0.29) is 11.1 Å². The van der Waals surface area contributed by atoms with Gasteiger partial charge in [0.05, 0.1) is 12.0 Å². The molecule has 1 heterocycles. The zero-order valence-corrected chi connectivity index (χ0v) is 14.3. The van der Waals surface area contributed by atoms with Gasteiger partial charge in [-0.05, 0) is 42.6 Å². The van der Waals surface area contributed by atoms with Crippen LogP contribution in [0.3, 0.4) is 0 Å². The van der Waals surface area contributed by atoms with Gasteiger partial charge < -0.3 is 11.1 Å². The Balaban J connectivity index is 1.97. The van der Waals surface area contributed by atoms with Crippen molar-refractivity contribution in [2.24, 2.45) is 5.73 Å². The molecule has 1 amide bonds. The predicted octanol–water partition coefficient (Wildman–Crippen LogP) is 3.37. The van der Waals surface area contributed by atoms with E-state index in [0.29, 0.717) is 24.9 Å². The van der Waals surface area contributed by atoms with E-state index in [1.807, 2.05) is 0 Å². The maximum absolute atomic E-state index is 13.0. The van der Waals surface area contributed by atoms with Crippen LogP contribution in [0.2, 0.25) is 0 Å². The number of primary amides is 1. The van der Waals surface area contributed by atoms with Gasteiger partial charge in [-0.2, -0.15) is 13.2 Å². The first-order chi connectivity index (χ1) is 12.7. The lowest BCUT2D eigenvalue weighted by Crippen LogP contribution is -2.53. The van der Waals surface area contributed by atoms with Crippen LogP contribution in [0, 0.1) is 6.42 Å². The minimum absolute atomic E-state index is 0.214. The number of Topliss-reactive ketones (excluding diaryl/α,β-unsaturated/α-hetero) is 1. The molecule has 1 atom stereocenters. The fourth-order valence-electron chi connectivity index (χ4n) is 3.29. The molecule has 1 aliphatic rings. The molecule has 1 saturated heterocycles. The molecular weight excluding hydrogens is 357 g/mol. The van der Waals surface area contributed by atoms with Crippen molar-refractivity contribution in [2.75, 3.05) is 6.54 Å². The van der Waals surface area contributed by atoms with Gasteiger partial charge in [0.1, 0.15) is 5.54 Å². The first-order valence-corrected chi connectivity index (χ1v) is 8.45. The summed E-state index contributed by atoms with van der Waals surface area (Å²) in [5.41, 5.74) is 4.30. The number of benzene rings is 2. The molecule has 1 radical (unpaired) electrons. The Kier molecular flexibility index (Phi) is 5.06. The number of nitrogens with one attached hydrogen (secondary N) is 1. The van der Waals surface area contributed by atoms with Crippen LogP contribution in [-0.2, 0) is 11.0 Å². The van der Waals surface area contributed by atoms with Crippen LogP contribution in [0.4, 0.5) is 13.2 Å². The third kappa shape index (κ3) is 3.88. The summed E-state index contributed by atoms with van der Waals surface area (Å²) in [6.45, 7) is 0.558. The molecule has 3 rings (SSSR count). The van der Waals surface area contributed by atoms with E-state index in [4.69, 9.17) is 5.73 Å². The summed E-state index contributed by atoms with van der Waals surface area (Å²) >= 11 is 0. The number of hydrogen-bond acceptors (Lipinski definition) is 3. The van der Waals surface area contributed by atoms with Crippen LogP contribution in [0.5, 0.6) is 0 Å². The van der Waals surface area contributed by atoms with E-state index in [1.165, 1.54) is 24.6 Å². The minimum atomic E-state index is -4.48. The average molecular weight is 375 g/mol. The molecule has 3 N–H and O–H groups in total. The maximum Gasteiger partial charge on any atom is 0.416 e. The number of hydrogen-bond donors (Lipinski definition) is 2. The van der Waals surface area contributed by atoms with E-state index >= 15 is 0 Å². The highest BCUT2D eigenvalue weighted by Gasteiger charge is 2.42. The van der Waals surface area contributed by atoms with Gasteiger partial charge in [-0.25, -0.2) is 0 Å². The van der Waals surface area contributed by atoms with Crippen molar-refractivity contribution in [1.82, 2.24) is 5.32 Å². The van der Waals surface area contributed by atoms with Gasteiger partial charge in [0.2, 0.25) is 5.91 Å². The van der Waals surface area contributed by atoms with Crippen LogP contribution < -0.4 is 11.1 Å². The van der Waals surface area contributed by atoms with Crippen molar-refractivity contribution in [3.05, 3.63) is 66.1 Å². The van der Waals surface area contributed by atoms with E-state index in [1.54, 1.807) is 18.2 Å². The Labute approximate surface area is 154 Å². The molecule has 0 saturated carbocycles. The van der Waals surface area contributed by atoms with Crippen LogP contribution in [0.15, 0.2) is 48.5 Å². The third-order valence-electron chi connectivity index (χ3n) is 4.70. The highest BCUT2D eigenvalue weighted by Crippen LogP contribution is 2.34. The molecular formula is C20H18F3N2O2. The van der Waals surface area contributed by atoms with Crippen LogP contribution >= 0.6 is 0 Å². The molecule has 0 aliphatic carbocycles. The lowest BCUT2D eigenvalue weighted by Gasteiger charge is -2.25. The largest absolute Gasteiger partial charge is 0.416 e. The predicted molar refractivity (Wildman–Crippen MR) is 94.7 cm³/mol. The Morgan fingerprint density at radius 1 is 1.11 bits per heavy atom. The van der Waals surface area contributed by atoms with Gasteiger partial charge in [-0.1, -0.05) is 36.4 Å². The second-order valence-corrected chi connectivity index (χ2v) is 6.50. The summed E-state index contributed by atoms with van der Waals surface area (Å²) < 4.78 is 39.1. The quantitative estimate of drug-likeness (QED) is 0.787. The summed E-state index contributed by atoms with van der Waals surface area (Å²) in [5, 5.41) is 2.96. The normalized spacial score (nSPS) is 19.8. The van der Waals surface area contributed by atoms with Crippen molar-refractivity contribution in [1.29, 1.82) is 0 Å². The SMILES string of the molecule is NC(=O)C1([CH]C(=O)c2ccccc2-c2cccc(C(F)(F)F)c2)CCCN1. The number of alkyl halides is 3. The maximum atomic E-state index is 13.0. The minimum Gasteiger partial charge on any atom is -0.368 e. The first kappa shape index (κ1) is 19.1. The number of amides is 1. The molecule has 0 spiro atoms. The molecule has 4 nitrogen and oxygen atoms in total. The number of carbonyl (C=O) groups is 2. The standard InChI is InChI=1S/C20H18F3N2O2/c21-20(22,23)14-6-3-5-13(11-14)15-7-1-2-8-16(15)17(26)12-19(18(24)27)9-4-10-25-19/h1-3,5-8,11-12,25H,4,9-10H2,(H2,24,27). The highest BCUT2D eigenvalue weighted by molar-refractivity contribution is 6.11. The van der Waals surface area contributed by atoms with Gasteiger partial charge in [0, 0.05) is 5.56 Å². The molecule has 2 aromatic carbocycles. The number of halogens is 3. The summed E-state index contributed by atoms with van der Waals surface area (Å²) in [7, 11) is 0. The lowest BCUT2D eigenvalue weighted by molar-refractivity contribution is -0.137. The molecule has 0 bridgehead atoms. The summed E-state index contributed by atoms with van der Waals surface area (Å²) in [6.07, 6.45) is -2.14. The smallest absolute Gasteiger partial charge is 0.368 e. The zero-order valence-electron chi connectivity index (χ0n) is 14.3. The van der Waals surface area contributed by atoms with E-state index in [2.05, 4.69) is 5.32 Å². The van der Waals surface area contributed by atoms with Crippen molar-refractivity contribution in [3.8, 4) is 11.1 Å². The summed E-state index contributed by atoms with van der Waals surface area (Å²) in [4.78, 5) is 24.7. The van der Waals surface area contributed by atoms with Gasteiger partial charge in [-0.3, -0.25) is 9.59 Å². The second-order valence-electron chi connectivity index (χ2n) is 6.50. The Morgan fingerprint density at radius 2 is 1.85 bits per heavy atom. The second kappa shape index (κ2) is 7.15. The van der Waals surface area contributed by atoms with Crippen LogP contribution in [0.1, 0.15) is 28.8 Å². The van der Waals surface area contributed by atoms with E-state index < -0.39 is 29.0 Å². The highest BCUT2D eigenvalue weighted by atomic mass is 19.4. The molecule has 1 aliphatic heterocycles. The molecule has 1 fully saturated rings. The molecule has 27 heavy (non-hydrogen) atoms.